The minimum atomic E-state index is -3.24. The van der Waals surface area contributed by atoms with Crippen LogP contribution in [0.3, 0.4) is 0 Å². The molecule has 1 heterocycles. The quantitative estimate of drug-likeness (QED) is 0.785. The first-order valence-electron chi connectivity index (χ1n) is 6.95. The summed E-state index contributed by atoms with van der Waals surface area (Å²) in [6, 6.07) is 7.22. The molecule has 1 fully saturated rings. The van der Waals surface area contributed by atoms with E-state index in [1.807, 2.05) is 0 Å². The second-order valence-corrected chi connectivity index (χ2v) is 7.16. The van der Waals surface area contributed by atoms with Crippen LogP contribution in [0.5, 0.6) is 0 Å². The molecule has 0 aliphatic carbocycles. The molecule has 1 aliphatic heterocycles. The average molecular weight is 326 g/mol. The van der Waals surface area contributed by atoms with Crippen molar-refractivity contribution < 1.29 is 23.1 Å². The summed E-state index contributed by atoms with van der Waals surface area (Å²) in [5.74, 6) is -1.54. The number of rotatable bonds is 6. The normalized spacial score (nSPS) is 18.7. The van der Waals surface area contributed by atoms with Gasteiger partial charge in [-0.25, -0.2) is 17.5 Å². The molecule has 0 bridgehead atoms. The second kappa shape index (κ2) is 6.89. The van der Waals surface area contributed by atoms with Crippen LogP contribution in [0.2, 0.25) is 0 Å². The zero-order chi connectivity index (χ0) is 16.2. The molecule has 1 aliphatic rings. The number of carbonyl (C=O) groups is 2. The number of nitrogens with one attached hydrogen (secondary N) is 1. The van der Waals surface area contributed by atoms with Crippen molar-refractivity contribution in [3.63, 3.8) is 0 Å². The van der Waals surface area contributed by atoms with Gasteiger partial charge in [0.2, 0.25) is 15.9 Å². The smallest absolute Gasteiger partial charge is 0.330 e. The van der Waals surface area contributed by atoms with E-state index in [4.69, 9.17) is 0 Å². The van der Waals surface area contributed by atoms with E-state index in [0.29, 0.717) is 18.5 Å². The van der Waals surface area contributed by atoms with E-state index in [0.717, 1.165) is 0 Å². The maximum Gasteiger partial charge on any atom is 0.330 e. The van der Waals surface area contributed by atoms with Crippen molar-refractivity contribution >= 4 is 21.9 Å². The summed E-state index contributed by atoms with van der Waals surface area (Å²) >= 11 is 0. The molecule has 0 spiro atoms. The summed E-state index contributed by atoms with van der Waals surface area (Å²) in [6.45, 7) is 0.492. The summed E-state index contributed by atoms with van der Waals surface area (Å²) in [4.78, 5) is 23.2. The Morgan fingerprint density at radius 1 is 1.27 bits per heavy atom. The topological polar surface area (TPSA) is 104 Å². The molecule has 2 N–H and O–H groups in total. The predicted octanol–water partition coefficient (Wildman–Crippen LogP) is 0.354. The van der Waals surface area contributed by atoms with Gasteiger partial charge in [-0.3, -0.25) is 4.79 Å². The number of carboxylic acids is 1. The highest BCUT2D eigenvalue weighted by Gasteiger charge is 2.29. The van der Waals surface area contributed by atoms with Gasteiger partial charge in [-0.15, -0.1) is 0 Å². The Kier molecular flexibility index (Phi) is 5.15. The number of amides is 1. The number of carbonyl (C=O) groups excluding carboxylic acids is 1. The average Bonchev–Trinajstić information content (AvgIpc) is 2.82. The predicted molar refractivity (Wildman–Crippen MR) is 79.6 cm³/mol. The minimum Gasteiger partial charge on any atom is -0.479 e. The molecule has 120 valence electrons. The van der Waals surface area contributed by atoms with Gasteiger partial charge in [-0.2, -0.15) is 0 Å². The lowest BCUT2D eigenvalue weighted by Gasteiger charge is -2.17. The van der Waals surface area contributed by atoms with Crippen molar-refractivity contribution in [3.05, 3.63) is 35.9 Å². The van der Waals surface area contributed by atoms with Crippen molar-refractivity contribution in [1.29, 1.82) is 0 Å². The molecular formula is C14H18N2O5S. The summed E-state index contributed by atoms with van der Waals surface area (Å²) in [6.07, 6.45) is 0.502. The van der Waals surface area contributed by atoms with Crippen LogP contribution in [0, 0.1) is 0 Å². The number of hydrogen-bond acceptors (Lipinski definition) is 4. The lowest BCUT2D eigenvalue weighted by atomic mass is 10.1. The number of sulfonamides is 1. The van der Waals surface area contributed by atoms with E-state index in [2.05, 4.69) is 5.32 Å². The van der Waals surface area contributed by atoms with Gasteiger partial charge in [-0.1, -0.05) is 30.3 Å². The lowest BCUT2D eigenvalue weighted by Crippen LogP contribution is -2.36. The van der Waals surface area contributed by atoms with E-state index in [1.165, 1.54) is 4.31 Å². The van der Waals surface area contributed by atoms with Gasteiger partial charge < -0.3 is 10.4 Å². The zero-order valence-corrected chi connectivity index (χ0v) is 12.8. The first-order chi connectivity index (χ1) is 10.4. The van der Waals surface area contributed by atoms with Gasteiger partial charge in [0.05, 0.1) is 5.75 Å². The molecule has 0 radical (unpaired) electrons. The Morgan fingerprint density at radius 3 is 2.50 bits per heavy atom. The van der Waals surface area contributed by atoms with Crippen molar-refractivity contribution in [1.82, 2.24) is 9.62 Å². The molecule has 1 atom stereocenters. The molecule has 7 nitrogen and oxygen atoms in total. The van der Waals surface area contributed by atoms with Gasteiger partial charge in [0.25, 0.3) is 0 Å². The molecule has 2 rings (SSSR count). The van der Waals surface area contributed by atoms with E-state index < -0.39 is 27.9 Å². The first kappa shape index (κ1) is 16.4. The Labute approximate surface area is 129 Å². The largest absolute Gasteiger partial charge is 0.479 e. The fourth-order valence-electron chi connectivity index (χ4n) is 2.33. The van der Waals surface area contributed by atoms with Crippen LogP contribution >= 0.6 is 0 Å². The number of nitrogens with zero attached hydrogens (tertiary/aromatic N) is 1. The van der Waals surface area contributed by atoms with E-state index >= 15 is 0 Å². The third-order valence-corrected chi connectivity index (χ3v) is 5.43. The van der Waals surface area contributed by atoms with Crippen molar-refractivity contribution in [2.24, 2.45) is 0 Å². The molecular weight excluding hydrogens is 308 g/mol. The van der Waals surface area contributed by atoms with Gasteiger partial charge in [0.1, 0.15) is 0 Å². The van der Waals surface area contributed by atoms with Gasteiger partial charge >= 0.3 is 5.97 Å². The highest BCUT2D eigenvalue weighted by Crippen LogP contribution is 2.15. The third-order valence-electron chi connectivity index (χ3n) is 3.48. The monoisotopic (exact) mass is 326 g/mol. The Balaban J connectivity index is 1.94. The van der Waals surface area contributed by atoms with Crippen LogP contribution in [0.1, 0.15) is 24.4 Å². The fraction of sp³-hybridized carbons (Fsp3) is 0.429. The van der Waals surface area contributed by atoms with Crippen molar-refractivity contribution in [2.75, 3.05) is 18.8 Å². The summed E-state index contributed by atoms with van der Waals surface area (Å²) in [7, 11) is -3.24. The van der Waals surface area contributed by atoms with Gasteiger partial charge in [0, 0.05) is 19.5 Å². The van der Waals surface area contributed by atoms with Crippen molar-refractivity contribution in [3.8, 4) is 0 Å². The summed E-state index contributed by atoms with van der Waals surface area (Å²) < 4.78 is 24.5. The van der Waals surface area contributed by atoms with Gasteiger partial charge in [-0.05, 0) is 12.0 Å². The maximum absolute atomic E-state index is 11.9. The highest BCUT2D eigenvalue weighted by atomic mass is 32.2. The molecule has 0 aromatic heterocycles. The zero-order valence-electron chi connectivity index (χ0n) is 11.9. The third kappa shape index (κ3) is 4.05. The fourth-order valence-corrected chi connectivity index (χ4v) is 3.86. The number of carboxylic acid groups (broad SMARTS) is 1. The maximum atomic E-state index is 11.9. The molecule has 1 aromatic carbocycles. The molecule has 1 unspecified atom stereocenters. The lowest BCUT2D eigenvalue weighted by molar-refractivity contribution is -0.142. The van der Waals surface area contributed by atoms with E-state index in [-0.39, 0.29) is 18.7 Å². The van der Waals surface area contributed by atoms with Gasteiger partial charge in [0.15, 0.2) is 6.04 Å². The number of benzene rings is 1. The van der Waals surface area contributed by atoms with Crippen LogP contribution < -0.4 is 5.32 Å². The molecule has 1 amide bonds. The van der Waals surface area contributed by atoms with E-state index in [9.17, 15) is 23.1 Å². The highest BCUT2D eigenvalue weighted by molar-refractivity contribution is 7.89. The SMILES string of the molecule is O=C(CCN1CCCS1(=O)=O)NC(C(=O)O)c1ccccc1. The van der Waals surface area contributed by atoms with Crippen LogP contribution in [0.25, 0.3) is 0 Å². The molecule has 8 heteroatoms. The Morgan fingerprint density at radius 2 is 1.95 bits per heavy atom. The minimum absolute atomic E-state index is 0.0597. The molecule has 1 saturated heterocycles. The van der Waals surface area contributed by atoms with E-state index in [1.54, 1.807) is 30.3 Å². The molecule has 0 saturated carbocycles. The number of hydrogen-bond donors (Lipinski definition) is 2. The molecule has 22 heavy (non-hydrogen) atoms. The number of aliphatic carboxylic acids is 1. The first-order valence-corrected chi connectivity index (χ1v) is 8.56. The summed E-state index contributed by atoms with van der Waals surface area (Å²) in [5, 5.41) is 11.6. The van der Waals surface area contributed by atoms with Crippen LogP contribution in [0.4, 0.5) is 0 Å². The van der Waals surface area contributed by atoms with Crippen LogP contribution in [-0.4, -0.2) is 48.5 Å². The van der Waals surface area contributed by atoms with Crippen molar-refractivity contribution in [2.45, 2.75) is 18.9 Å². The van der Waals surface area contributed by atoms with Crippen LogP contribution in [-0.2, 0) is 19.6 Å². The molecule has 1 aromatic rings. The standard InChI is InChI=1S/C14H18N2O5S/c17-12(7-9-16-8-4-10-22(16,20)21)15-13(14(18)19)11-5-2-1-3-6-11/h1-3,5-6,13H,4,7-10H2,(H,15,17)(H,18,19). The summed E-state index contributed by atoms with van der Waals surface area (Å²) in [5.41, 5.74) is 0.470. The Bertz CT molecular complexity index is 644. The Hall–Kier alpha value is -1.93. The second-order valence-electron chi connectivity index (χ2n) is 5.07. The van der Waals surface area contributed by atoms with Crippen LogP contribution in [0.15, 0.2) is 30.3 Å².